The largest absolute Gasteiger partial charge is 0.443 e. The molecule has 13 heteroatoms. The Kier molecular flexibility index (Phi) is 8.16. The van der Waals surface area contributed by atoms with Gasteiger partial charge in [-0.2, -0.15) is 0 Å². The zero-order valence-corrected chi connectivity index (χ0v) is 26.6. The standard InChI is InChI=1S/C29H36ClFN6O4Si/c1-29(2,3)41-28(39)36-12-10-19-22(26(36)38)18-8-7-17-15-33-25(34-20-9-11-32-27(30)35-20)23(31)21(17)24(18)37(19)16-40-13-14-42(4,5)6/h9,11,15H,7-8,10,12-14,16H2,1-6H3,(H,32,33,34,35). The summed E-state index contributed by atoms with van der Waals surface area (Å²) in [6.07, 6.45) is 3.80. The van der Waals surface area contributed by atoms with E-state index >= 15 is 4.39 Å². The molecule has 2 amide bonds. The van der Waals surface area contributed by atoms with Crippen LogP contribution in [0.15, 0.2) is 18.5 Å². The molecule has 1 N–H and O–H groups in total. The van der Waals surface area contributed by atoms with Crippen molar-refractivity contribution in [2.45, 2.75) is 78.1 Å². The number of aryl methyl sites for hydroxylation is 1. The number of imide groups is 1. The summed E-state index contributed by atoms with van der Waals surface area (Å²) in [6, 6.07) is 2.53. The van der Waals surface area contributed by atoms with E-state index < -0.39 is 31.5 Å². The lowest BCUT2D eigenvalue weighted by Crippen LogP contribution is -2.45. The van der Waals surface area contributed by atoms with Crippen LogP contribution < -0.4 is 5.32 Å². The maximum absolute atomic E-state index is 16.4. The van der Waals surface area contributed by atoms with E-state index in [0.29, 0.717) is 54.1 Å². The third-order valence-electron chi connectivity index (χ3n) is 7.19. The Morgan fingerprint density at radius 1 is 1.17 bits per heavy atom. The molecular formula is C29H36ClFN6O4Si. The second-order valence-corrected chi connectivity index (χ2v) is 18.7. The monoisotopic (exact) mass is 614 g/mol. The lowest BCUT2D eigenvalue weighted by atomic mass is 9.88. The summed E-state index contributed by atoms with van der Waals surface area (Å²) < 4.78 is 30.0. The number of carbonyl (C=O) groups excluding carboxylic acids is 2. The molecule has 2 aliphatic rings. The van der Waals surface area contributed by atoms with Crippen molar-refractivity contribution in [2.24, 2.45) is 0 Å². The van der Waals surface area contributed by atoms with Gasteiger partial charge in [-0.15, -0.1) is 0 Å². The third-order valence-corrected chi connectivity index (χ3v) is 9.07. The Bertz CT molecular complexity index is 1550. The minimum absolute atomic E-state index is 0.0192. The molecule has 0 saturated carbocycles. The summed E-state index contributed by atoms with van der Waals surface area (Å²) in [5, 5.41) is 2.92. The lowest BCUT2D eigenvalue weighted by Gasteiger charge is -2.29. The normalized spacial score (nSPS) is 14.8. The number of hydrogen-bond donors (Lipinski definition) is 1. The Balaban J connectivity index is 1.59. The van der Waals surface area contributed by atoms with E-state index in [9.17, 15) is 9.59 Å². The highest BCUT2D eigenvalue weighted by Crippen LogP contribution is 2.43. The van der Waals surface area contributed by atoms with Crippen LogP contribution in [-0.4, -0.2) is 63.2 Å². The van der Waals surface area contributed by atoms with E-state index in [0.717, 1.165) is 22.2 Å². The number of halogens is 2. The van der Waals surface area contributed by atoms with Crippen molar-refractivity contribution >= 4 is 43.3 Å². The maximum Gasteiger partial charge on any atom is 0.417 e. The van der Waals surface area contributed by atoms with Crippen molar-refractivity contribution in [3.63, 3.8) is 0 Å². The van der Waals surface area contributed by atoms with Gasteiger partial charge in [0.25, 0.3) is 5.91 Å². The summed E-state index contributed by atoms with van der Waals surface area (Å²) >= 11 is 5.92. The number of anilines is 2. The topological polar surface area (TPSA) is 111 Å². The fourth-order valence-corrected chi connectivity index (χ4v) is 6.13. The van der Waals surface area contributed by atoms with Gasteiger partial charge < -0.3 is 19.4 Å². The van der Waals surface area contributed by atoms with Crippen molar-refractivity contribution in [1.82, 2.24) is 24.4 Å². The van der Waals surface area contributed by atoms with Crippen LogP contribution in [0.3, 0.4) is 0 Å². The summed E-state index contributed by atoms with van der Waals surface area (Å²) in [4.78, 5) is 40.3. The van der Waals surface area contributed by atoms with Gasteiger partial charge in [-0.1, -0.05) is 19.6 Å². The summed E-state index contributed by atoms with van der Waals surface area (Å²) in [6.45, 7) is 13.0. The van der Waals surface area contributed by atoms with Gasteiger partial charge in [0.1, 0.15) is 18.1 Å². The molecule has 1 aliphatic heterocycles. The minimum Gasteiger partial charge on any atom is -0.443 e. The van der Waals surface area contributed by atoms with E-state index in [1.807, 2.05) is 4.57 Å². The molecule has 5 rings (SSSR count). The highest BCUT2D eigenvalue weighted by atomic mass is 35.5. The van der Waals surface area contributed by atoms with Gasteiger partial charge in [-0.05, 0) is 68.5 Å². The van der Waals surface area contributed by atoms with Crippen LogP contribution in [0.1, 0.15) is 48.0 Å². The number of rotatable bonds is 7. The zero-order valence-electron chi connectivity index (χ0n) is 24.8. The van der Waals surface area contributed by atoms with Gasteiger partial charge >= 0.3 is 6.09 Å². The fraction of sp³-hybridized carbons (Fsp3) is 0.483. The molecule has 0 atom stereocenters. The van der Waals surface area contributed by atoms with Crippen molar-refractivity contribution in [3.05, 3.63) is 51.9 Å². The first-order chi connectivity index (χ1) is 19.7. The molecule has 10 nitrogen and oxygen atoms in total. The van der Waals surface area contributed by atoms with Crippen LogP contribution in [-0.2, 0) is 35.5 Å². The van der Waals surface area contributed by atoms with E-state index in [4.69, 9.17) is 21.1 Å². The molecule has 0 aromatic carbocycles. The fourth-order valence-electron chi connectivity index (χ4n) is 5.23. The zero-order chi connectivity index (χ0) is 30.4. The van der Waals surface area contributed by atoms with Crippen LogP contribution in [0.2, 0.25) is 31.0 Å². The minimum atomic E-state index is -1.35. The average molecular weight is 615 g/mol. The predicted molar refractivity (Wildman–Crippen MR) is 160 cm³/mol. The van der Waals surface area contributed by atoms with Gasteiger partial charge in [0.2, 0.25) is 5.28 Å². The van der Waals surface area contributed by atoms with Gasteiger partial charge in [-0.3, -0.25) is 4.79 Å². The van der Waals surface area contributed by atoms with Crippen LogP contribution in [0.25, 0.3) is 11.3 Å². The number of nitrogens with zero attached hydrogens (tertiary/aromatic N) is 5. The quantitative estimate of drug-likeness (QED) is 0.190. The lowest BCUT2D eigenvalue weighted by molar-refractivity contribution is 0.0230. The molecule has 0 fully saturated rings. The highest BCUT2D eigenvalue weighted by molar-refractivity contribution is 6.76. The van der Waals surface area contributed by atoms with Crippen molar-refractivity contribution in [3.8, 4) is 11.3 Å². The number of fused-ring (bicyclic) bond motifs is 5. The molecule has 3 aromatic heterocycles. The van der Waals surface area contributed by atoms with Gasteiger partial charge in [0.05, 0.1) is 11.3 Å². The van der Waals surface area contributed by atoms with Crippen LogP contribution in [0.4, 0.5) is 20.8 Å². The van der Waals surface area contributed by atoms with Crippen molar-refractivity contribution in [1.29, 1.82) is 0 Å². The van der Waals surface area contributed by atoms with Crippen LogP contribution in [0.5, 0.6) is 0 Å². The molecule has 1 aliphatic carbocycles. The van der Waals surface area contributed by atoms with Crippen LogP contribution in [0, 0.1) is 5.82 Å². The SMILES string of the molecule is CC(C)(C)OC(=O)N1CCc2c(c3c(n2COCC[Si](C)(C)C)-c2c(cnc(Nc4ccnc(Cl)n4)c2F)CC3)C1=O. The Morgan fingerprint density at radius 3 is 2.62 bits per heavy atom. The molecule has 0 bridgehead atoms. The van der Waals surface area contributed by atoms with Crippen LogP contribution >= 0.6 is 11.6 Å². The second kappa shape index (κ2) is 11.4. The maximum atomic E-state index is 16.4. The van der Waals surface area contributed by atoms with Crippen molar-refractivity contribution in [2.75, 3.05) is 18.5 Å². The summed E-state index contributed by atoms with van der Waals surface area (Å²) in [5.41, 5.74) is 2.77. The molecule has 0 saturated heterocycles. The second-order valence-electron chi connectivity index (χ2n) is 12.8. The van der Waals surface area contributed by atoms with Gasteiger partial charge in [0.15, 0.2) is 11.6 Å². The van der Waals surface area contributed by atoms with E-state index in [1.54, 1.807) is 33.0 Å². The number of ether oxygens (including phenoxy) is 2. The first kappa shape index (κ1) is 30.1. The summed E-state index contributed by atoms with van der Waals surface area (Å²) in [7, 11) is -1.35. The number of carbonyl (C=O) groups is 2. The van der Waals surface area contributed by atoms with Gasteiger partial charge in [-0.25, -0.2) is 29.0 Å². The molecule has 3 aromatic rings. The summed E-state index contributed by atoms with van der Waals surface area (Å²) in [5.74, 6) is -0.735. The average Bonchev–Trinajstić information content (AvgIpc) is 3.21. The third kappa shape index (κ3) is 6.20. The number of hydrogen-bond acceptors (Lipinski definition) is 8. The van der Waals surface area contributed by atoms with E-state index in [2.05, 4.69) is 39.9 Å². The molecule has 224 valence electrons. The smallest absolute Gasteiger partial charge is 0.417 e. The molecule has 0 radical (unpaired) electrons. The van der Waals surface area contributed by atoms with E-state index in [1.165, 1.54) is 6.20 Å². The Morgan fingerprint density at radius 2 is 1.93 bits per heavy atom. The first-order valence-electron chi connectivity index (χ1n) is 14.0. The number of amides is 2. The molecule has 4 heterocycles. The molecule has 42 heavy (non-hydrogen) atoms. The van der Waals surface area contributed by atoms with Crippen molar-refractivity contribution < 1.29 is 23.5 Å². The molecule has 0 unspecified atom stereocenters. The predicted octanol–water partition coefficient (Wildman–Crippen LogP) is 6.22. The molecular weight excluding hydrogens is 579 g/mol. The Hall–Kier alpha value is -3.35. The van der Waals surface area contributed by atoms with Gasteiger partial charge in [0, 0.05) is 51.3 Å². The Labute approximate surface area is 250 Å². The molecule has 0 spiro atoms. The van der Waals surface area contributed by atoms with E-state index in [-0.39, 0.29) is 24.4 Å². The first-order valence-corrected chi connectivity index (χ1v) is 18.1. The number of pyridine rings is 1. The highest BCUT2D eigenvalue weighted by Gasteiger charge is 2.40. The number of aromatic nitrogens is 4. The number of nitrogens with one attached hydrogen (secondary N) is 1.